The average molecular weight is 194 g/mol. The lowest BCUT2D eigenvalue weighted by molar-refractivity contribution is -0.240. The van der Waals surface area contributed by atoms with Gasteiger partial charge in [-0.1, -0.05) is 24.6 Å². The van der Waals surface area contributed by atoms with Crippen LogP contribution in [0.15, 0.2) is 24.3 Å². The summed E-state index contributed by atoms with van der Waals surface area (Å²) in [5.74, 6) is -0.446. The van der Waals surface area contributed by atoms with Crippen LogP contribution in [0.5, 0.6) is 0 Å². The summed E-state index contributed by atoms with van der Waals surface area (Å²) < 4.78 is 0. The van der Waals surface area contributed by atoms with Crippen LogP contribution in [0, 0.1) is 6.92 Å². The minimum absolute atomic E-state index is 0.428. The first-order valence-corrected chi connectivity index (χ1v) is 4.64. The number of carbonyl (C=O) groups is 1. The van der Waals surface area contributed by atoms with Crippen molar-refractivity contribution >= 4 is 5.97 Å². The molecule has 0 aliphatic heterocycles. The molecule has 14 heavy (non-hydrogen) atoms. The fraction of sp³-hybridized carbons (Fsp3) is 0.364. The molecule has 0 amide bonds. The molecular formula is C11H14O3. The molecule has 0 radical (unpaired) electrons. The van der Waals surface area contributed by atoms with Gasteiger partial charge in [-0.2, -0.15) is 4.89 Å². The zero-order valence-electron chi connectivity index (χ0n) is 8.45. The van der Waals surface area contributed by atoms with E-state index in [1.165, 1.54) is 0 Å². The molecule has 0 fully saturated rings. The van der Waals surface area contributed by atoms with Gasteiger partial charge in [0.15, 0.2) is 0 Å². The van der Waals surface area contributed by atoms with Crippen molar-refractivity contribution in [3.63, 3.8) is 0 Å². The molecule has 0 N–H and O–H groups in total. The predicted octanol–water partition coefficient (Wildman–Crippen LogP) is 2.49. The highest BCUT2D eigenvalue weighted by molar-refractivity contribution is 5.88. The Balaban J connectivity index is 2.48. The summed E-state index contributed by atoms with van der Waals surface area (Å²) in [5, 5.41) is 0. The molecule has 0 atom stereocenters. The van der Waals surface area contributed by atoms with E-state index in [1.807, 2.05) is 26.0 Å². The van der Waals surface area contributed by atoms with E-state index in [0.29, 0.717) is 12.2 Å². The Kier molecular flexibility index (Phi) is 4.13. The maximum atomic E-state index is 11.3. The van der Waals surface area contributed by atoms with Crippen LogP contribution in [0.1, 0.15) is 29.3 Å². The second-order valence-corrected chi connectivity index (χ2v) is 3.06. The van der Waals surface area contributed by atoms with E-state index in [2.05, 4.69) is 9.78 Å². The van der Waals surface area contributed by atoms with Crippen molar-refractivity contribution in [2.24, 2.45) is 0 Å². The molecule has 0 saturated carbocycles. The number of carbonyl (C=O) groups excluding carboxylic acids is 1. The van der Waals surface area contributed by atoms with Crippen LogP contribution in [0.25, 0.3) is 0 Å². The van der Waals surface area contributed by atoms with Gasteiger partial charge in [0.2, 0.25) is 0 Å². The van der Waals surface area contributed by atoms with Gasteiger partial charge in [0.05, 0.1) is 12.2 Å². The summed E-state index contributed by atoms with van der Waals surface area (Å²) in [6.45, 7) is 4.33. The van der Waals surface area contributed by atoms with Gasteiger partial charge < -0.3 is 0 Å². The van der Waals surface area contributed by atoms with E-state index >= 15 is 0 Å². The Labute approximate surface area is 83.6 Å². The minimum Gasteiger partial charge on any atom is -0.293 e. The van der Waals surface area contributed by atoms with Crippen molar-refractivity contribution in [1.82, 2.24) is 0 Å². The van der Waals surface area contributed by atoms with E-state index in [1.54, 1.807) is 12.1 Å². The van der Waals surface area contributed by atoms with Crippen LogP contribution < -0.4 is 0 Å². The van der Waals surface area contributed by atoms with E-state index in [0.717, 1.165) is 12.0 Å². The summed E-state index contributed by atoms with van der Waals surface area (Å²) in [6, 6.07) is 7.15. The van der Waals surface area contributed by atoms with Crippen molar-refractivity contribution in [1.29, 1.82) is 0 Å². The summed E-state index contributed by atoms with van der Waals surface area (Å²) >= 11 is 0. The van der Waals surface area contributed by atoms with Gasteiger partial charge in [-0.3, -0.25) is 4.89 Å². The highest BCUT2D eigenvalue weighted by Crippen LogP contribution is 2.04. The lowest BCUT2D eigenvalue weighted by Crippen LogP contribution is -2.06. The molecule has 0 saturated heterocycles. The number of hydrogen-bond acceptors (Lipinski definition) is 3. The third-order valence-corrected chi connectivity index (χ3v) is 1.71. The fourth-order valence-electron chi connectivity index (χ4n) is 0.916. The van der Waals surface area contributed by atoms with Crippen molar-refractivity contribution in [3.05, 3.63) is 35.4 Å². The van der Waals surface area contributed by atoms with Gasteiger partial charge in [0.1, 0.15) is 0 Å². The molecule has 0 spiro atoms. The van der Waals surface area contributed by atoms with Crippen LogP contribution in [0.3, 0.4) is 0 Å². The van der Waals surface area contributed by atoms with Gasteiger partial charge in [-0.25, -0.2) is 4.79 Å². The van der Waals surface area contributed by atoms with Gasteiger partial charge in [0.25, 0.3) is 0 Å². The smallest absolute Gasteiger partial charge is 0.293 e. The maximum Gasteiger partial charge on any atom is 0.373 e. The topological polar surface area (TPSA) is 35.5 Å². The first-order valence-electron chi connectivity index (χ1n) is 4.64. The van der Waals surface area contributed by atoms with Crippen LogP contribution in [0.4, 0.5) is 0 Å². The third-order valence-electron chi connectivity index (χ3n) is 1.71. The molecule has 0 aliphatic carbocycles. The molecule has 1 rings (SSSR count). The summed E-state index contributed by atoms with van der Waals surface area (Å²) in [4.78, 5) is 20.5. The van der Waals surface area contributed by atoms with Crippen molar-refractivity contribution in [2.75, 3.05) is 6.61 Å². The Morgan fingerprint density at radius 2 is 1.93 bits per heavy atom. The monoisotopic (exact) mass is 194 g/mol. The van der Waals surface area contributed by atoms with Crippen LogP contribution in [-0.4, -0.2) is 12.6 Å². The van der Waals surface area contributed by atoms with Crippen molar-refractivity contribution in [3.8, 4) is 0 Å². The quantitative estimate of drug-likeness (QED) is 0.419. The second-order valence-electron chi connectivity index (χ2n) is 3.06. The fourth-order valence-corrected chi connectivity index (χ4v) is 0.916. The third kappa shape index (κ3) is 3.18. The van der Waals surface area contributed by atoms with E-state index in [-0.39, 0.29) is 0 Å². The maximum absolute atomic E-state index is 11.3. The molecule has 0 unspecified atom stereocenters. The van der Waals surface area contributed by atoms with Crippen LogP contribution >= 0.6 is 0 Å². The standard InChI is InChI=1S/C11H14O3/c1-3-8-13-14-11(12)10-6-4-9(2)5-7-10/h4-7H,3,8H2,1-2H3. The number of hydrogen-bond donors (Lipinski definition) is 0. The van der Waals surface area contributed by atoms with Gasteiger partial charge >= 0.3 is 5.97 Å². The minimum atomic E-state index is -0.446. The Bertz CT molecular complexity index is 290. The molecule has 1 aromatic carbocycles. The Morgan fingerprint density at radius 3 is 2.50 bits per heavy atom. The molecule has 76 valence electrons. The zero-order chi connectivity index (χ0) is 10.4. The second kappa shape index (κ2) is 5.40. The average Bonchev–Trinajstić information content (AvgIpc) is 2.19. The van der Waals surface area contributed by atoms with Crippen molar-refractivity contribution in [2.45, 2.75) is 20.3 Å². The lowest BCUT2D eigenvalue weighted by atomic mass is 10.2. The SMILES string of the molecule is CCCOOC(=O)c1ccc(C)cc1. The number of benzene rings is 1. The predicted molar refractivity (Wildman–Crippen MR) is 52.8 cm³/mol. The molecule has 3 nitrogen and oxygen atoms in total. The van der Waals surface area contributed by atoms with Gasteiger partial charge in [-0.15, -0.1) is 0 Å². The Hall–Kier alpha value is -1.35. The molecule has 0 aromatic heterocycles. The molecule has 0 bridgehead atoms. The summed E-state index contributed by atoms with van der Waals surface area (Å²) in [5.41, 5.74) is 1.61. The van der Waals surface area contributed by atoms with Gasteiger partial charge in [0, 0.05) is 0 Å². The zero-order valence-corrected chi connectivity index (χ0v) is 8.45. The lowest BCUT2D eigenvalue weighted by Gasteiger charge is -2.02. The molecule has 1 aromatic rings. The van der Waals surface area contributed by atoms with Crippen molar-refractivity contribution < 1.29 is 14.6 Å². The first-order chi connectivity index (χ1) is 6.74. The van der Waals surface area contributed by atoms with E-state index < -0.39 is 5.97 Å². The van der Waals surface area contributed by atoms with E-state index in [9.17, 15) is 4.79 Å². The Morgan fingerprint density at radius 1 is 1.29 bits per heavy atom. The molecule has 0 aliphatic rings. The molecule has 3 heteroatoms. The first kappa shape index (κ1) is 10.7. The van der Waals surface area contributed by atoms with Crippen LogP contribution in [-0.2, 0) is 9.78 Å². The highest BCUT2D eigenvalue weighted by Gasteiger charge is 2.06. The number of rotatable bonds is 4. The normalized spacial score (nSPS) is 9.86. The number of aryl methyl sites for hydroxylation is 1. The van der Waals surface area contributed by atoms with Gasteiger partial charge in [-0.05, 0) is 25.5 Å². The molecular weight excluding hydrogens is 180 g/mol. The largest absolute Gasteiger partial charge is 0.373 e. The van der Waals surface area contributed by atoms with E-state index in [4.69, 9.17) is 0 Å². The molecule has 0 heterocycles. The summed E-state index contributed by atoms with van der Waals surface area (Å²) in [7, 11) is 0. The summed E-state index contributed by atoms with van der Waals surface area (Å²) in [6.07, 6.45) is 0.821. The van der Waals surface area contributed by atoms with Crippen LogP contribution in [0.2, 0.25) is 0 Å². The highest BCUT2D eigenvalue weighted by atomic mass is 17.2.